The van der Waals surface area contributed by atoms with Crippen LogP contribution >= 0.6 is 11.6 Å². The van der Waals surface area contributed by atoms with Gasteiger partial charge in [-0.25, -0.2) is 17.8 Å². The van der Waals surface area contributed by atoms with E-state index in [0.29, 0.717) is 33.0 Å². The zero-order chi connectivity index (χ0) is 17.3. The lowest BCUT2D eigenvalue weighted by atomic mass is 10.1. The van der Waals surface area contributed by atoms with Gasteiger partial charge in [0.2, 0.25) is 0 Å². The molecule has 0 aliphatic carbocycles. The standard InChI is InChI=1S/C17H14ClFN2O2S/c1-11-8-12(2-4-14(11)19)6-7-24(22,23)10-17-20-15-5-3-13(18)9-16(15)21-17/h2-9H,10H2,1H3,(H,20,21)/b7-6+. The molecule has 0 fully saturated rings. The number of imidazole rings is 1. The van der Waals surface area contributed by atoms with E-state index in [1.165, 1.54) is 18.2 Å². The van der Waals surface area contributed by atoms with Crippen LogP contribution < -0.4 is 0 Å². The van der Waals surface area contributed by atoms with Crippen molar-refractivity contribution < 1.29 is 12.8 Å². The highest BCUT2D eigenvalue weighted by atomic mass is 35.5. The summed E-state index contributed by atoms with van der Waals surface area (Å²) in [6, 6.07) is 9.53. The van der Waals surface area contributed by atoms with E-state index in [1.807, 2.05) is 0 Å². The van der Waals surface area contributed by atoms with Crippen molar-refractivity contribution in [3.05, 3.63) is 69.6 Å². The summed E-state index contributed by atoms with van der Waals surface area (Å²) >= 11 is 5.90. The van der Waals surface area contributed by atoms with Crippen molar-refractivity contribution in [3.63, 3.8) is 0 Å². The first kappa shape index (κ1) is 16.7. The summed E-state index contributed by atoms with van der Waals surface area (Å²) in [4.78, 5) is 7.19. The van der Waals surface area contributed by atoms with Crippen molar-refractivity contribution in [1.29, 1.82) is 0 Å². The van der Waals surface area contributed by atoms with Crippen LogP contribution in [0.3, 0.4) is 0 Å². The zero-order valence-corrected chi connectivity index (χ0v) is 14.3. The number of aromatic amines is 1. The molecule has 1 heterocycles. The molecule has 3 aromatic rings. The molecule has 0 spiro atoms. The normalized spacial score (nSPS) is 12.3. The van der Waals surface area contributed by atoms with E-state index in [-0.39, 0.29) is 11.6 Å². The van der Waals surface area contributed by atoms with Gasteiger partial charge in [-0.05, 0) is 54.5 Å². The van der Waals surface area contributed by atoms with Gasteiger partial charge in [0.05, 0.1) is 11.0 Å². The van der Waals surface area contributed by atoms with E-state index in [9.17, 15) is 12.8 Å². The molecule has 0 aliphatic heterocycles. The number of aryl methyl sites for hydroxylation is 1. The Balaban J connectivity index is 1.81. The van der Waals surface area contributed by atoms with Crippen molar-refractivity contribution in [2.45, 2.75) is 12.7 Å². The summed E-state index contributed by atoms with van der Waals surface area (Å²) in [5.41, 5.74) is 2.42. The van der Waals surface area contributed by atoms with Gasteiger partial charge in [-0.3, -0.25) is 0 Å². The monoisotopic (exact) mass is 364 g/mol. The van der Waals surface area contributed by atoms with Crippen LogP contribution in [0, 0.1) is 12.7 Å². The molecule has 2 aromatic carbocycles. The highest BCUT2D eigenvalue weighted by molar-refractivity contribution is 7.93. The van der Waals surface area contributed by atoms with E-state index in [4.69, 9.17) is 11.6 Å². The van der Waals surface area contributed by atoms with Crippen molar-refractivity contribution in [2.24, 2.45) is 0 Å². The maximum atomic E-state index is 13.2. The van der Waals surface area contributed by atoms with Gasteiger partial charge >= 0.3 is 0 Å². The minimum Gasteiger partial charge on any atom is -0.341 e. The number of rotatable bonds is 4. The van der Waals surface area contributed by atoms with Crippen LogP contribution in [0.15, 0.2) is 41.8 Å². The Hall–Kier alpha value is -2.18. The summed E-state index contributed by atoms with van der Waals surface area (Å²) in [7, 11) is -3.51. The molecule has 0 radical (unpaired) electrons. The summed E-state index contributed by atoms with van der Waals surface area (Å²) in [5, 5.41) is 1.66. The van der Waals surface area contributed by atoms with Crippen molar-refractivity contribution in [1.82, 2.24) is 9.97 Å². The molecule has 0 aliphatic rings. The number of H-pyrrole nitrogens is 1. The zero-order valence-electron chi connectivity index (χ0n) is 12.8. The van der Waals surface area contributed by atoms with E-state index in [0.717, 1.165) is 5.41 Å². The maximum Gasteiger partial charge on any atom is 0.178 e. The highest BCUT2D eigenvalue weighted by Gasteiger charge is 2.12. The van der Waals surface area contributed by atoms with Gasteiger partial charge < -0.3 is 4.98 Å². The first-order valence-electron chi connectivity index (χ1n) is 7.13. The average molecular weight is 365 g/mol. The fourth-order valence-electron chi connectivity index (χ4n) is 2.30. The molecular formula is C17H14ClFN2O2S. The largest absolute Gasteiger partial charge is 0.341 e. The topological polar surface area (TPSA) is 62.8 Å². The lowest BCUT2D eigenvalue weighted by Gasteiger charge is -1.99. The third-order valence-corrected chi connectivity index (χ3v) is 4.94. The lowest BCUT2D eigenvalue weighted by molar-refractivity contribution is 0.603. The van der Waals surface area contributed by atoms with E-state index < -0.39 is 9.84 Å². The van der Waals surface area contributed by atoms with Gasteiger partial charge in [0, 0.05) is 10.4 Å². The average Bonchev–Trinajstić information content (AvgIpc) is 2.89. The first-order chi connectivity index (χ1) is 11.3. The van der Waals surface area contributed by atoms with Gasteiger partial charge in [0.15, 0.2) is 9.84 Å². The molecule has 1 N–H and O–H groups in total. The molecule has 3 rings (SSSR count). The minimum atomic E-state index is -3.51. The van der Waals surface area contributed by atoms with E-state index in [1.54, 1.807) is 31.2 Å². The number of halogens is 2. The number of sulfone groups is 1. The van der Waals surface area contributed by atoms with Crippen LogP contribution in [0.4, 0.5) is 4.39 Å². The summed E-state index contributed by atoms with van der Waals surface area (Å²) < 4.78 is 37.7. The van der Waals surface area contributed by atoms with Crippen LogP contribution in [-0.4, -0.2) is 18.4 Å². The van der Waals surface area contributed by atoms with Crippen molar-refractivity contribution in [2.75, 3.05) is 0 Å². The number of benzene rings is 2. The molecular weight excluding hydrogens is 351 g/mol. The summed E-state index contributed by atoms with van der Waals surface area (Å²) in [5.74, 6) is -0.237. The van der Waals surface area contributed by atoms with Crippen LogP contribution in [-0.2, 0) is 15.6 Å². The lowest BCUT2D eigenvalue weighted by Crippen LogP contribution is -2.01. The predicted octanol–water partition coefficient (Wildman–Crippen LogP) is 4.25. The molecule has 0 amide bonds. The molecule has 1 aromatic heterocycles. The number of nitrogens with zero attached hydrogens (tertiary/aromatic N) is 1. The van der Waals surface area contributed by atoms with E-state index in [2.05, 4.69) is 9.97 Å². The van der Waals surface area contributed by atoms with Crippen LogP contribution in [0.25, 0.3) is 17.1 Å². The Bertz CT molecular complexity index is 1040. The van der Waals surface area contributed by atoms with Crippen LogP contribution in [0.5, 0.6) is 0 Å². The molecule has 124 valence electrons. The fraction of sp³-hybridized carbons (Fsp3) is 0.118. The Morgan fingerprint density at radius 2 is 2.04 bits per heavy atom. The van der Waals surface area contributed by atoms with E-state index >= 15 is 0 Å². The van der Waals surface area contributed by atoms with Crippen molar-refractivity contribution >= 4 is 38.5 Å². The molecule has 4 nitrogen and oxygen atoms in total. The second-order valence-corrected chi connectivity index (χ2v) is 7.79. The molecule has 7 heteroatoms. The number of hydrogen-bond acceptors (Lipinski definition) is 3. The Kier molecular flexibility index (Phi) is 4.43. The van der Waals surface area contributed by atoms with Gasteiger partial charge in [0.25, 0.3) is 0 Å². The number of hydrogen-bond donors (Lipinski definition) is 1. The van der Waals surface area contributed by atoms with Crippen LogP contribution in [0.1, 0.15) is 17.0 Å². The molecule has 0 saturated carbocycles. The van der Waals surface area contributed by atoms with Crippen LogP contribution in [0.2, 0.25) is 5.02 Å². The summed E-state index contributed by atoms with van der Waals surface area (Å²) in [6.45, 7) is 1.63. The maximum absolute atomic E-state index is 13.2. The van der Waals surface area contributed by atoms with Gasteiger partial charge in [-0.15, -0.1) is 0 Å². The quantitative estimate of drug-likeness (QED) is 0.752. The Morgan fingerprint density at radius 3 is 2.79 bits per heavy atom. The molecule has 0 saturated heterocycles. The van der Waals surface area contributed by atoms with Gasteiger partial charge in [-0.1, -0.05) is 17.7 Å². The Morgan fingerprint density at radius 1 is 1.25 bits per heavy atom. The van der Waals surface area contributed by atoms with Gasteiger partial charge in [-0.2, -0.15) is 0 Å². The summed E-state index contributed by atoms with van der Waals surface area (Å²) in [6.07, 6.45) is 1.45. The first-order valence-corrected chi connectivity index (χ1v) is 9.23. The number of nitrogens with one attached hydrogen (secondary N) is 1. The number of fused-ring (bicyclic) bond motifs is 1. The SMILES string of the molecule is Cc1cc(/C=C/S(=O)(=O)Cc2nc3ccc(Cl)cc3[nH]2)ccc1F. The fourth-order valence-corrected chi connectivity index (χ4v) is 3.45. The predicted molar refractivity (Wildman–Crippen MR) is 93.9 cm³/mol. The van der Waals surface area contributed by atoms with Gasteiger partial charge in [0.1, 0.15) is 17.4 Å². The highest BCUT2D eigenvalue weighted by Crippen LogP contribution is 2.19. The smallest absolute Gasteiger partial charge is 0.178 e. The Labute approximate surface area is 143 Å². The third-order valence-electron chi connectivity index (χ3n) is 3.48. The third kappa shape index (κ3) is 3.83. The minimum absolute atomic E-state index is 0.254. The molecule has 24 heavy (non-hydrogen) atoms. The molecule has 0 atom stereocenters. The molecule has 0 unspecified atom stereocenters. The second kappa shape index (κ2) is 6.37. The number of aromatic nitrogens is 2. The van der Waals surface area contributed by atoms with Crippen molar-refractivity contribution in [3.8, 4) is 0 Å². The second-order valence-electron chi connectivity index (χ2n) is 5.46. The molecule has 0 bridgehead atoms.